The third-order valence-corrected chi connectivity index (χ3v) is 42.5. The number of rotatable bonds is 26. The molecule has 0 aromatic heterocycles. The van der Waals surface area contributed by atoms with Gasteiger partial charge in [-0.25, -0.2) is 4.79 Å². The number of methoxy groups -OCH3 is 1. The van der Waals surface area contributed by atoms with Crippen LogP contribution in [0.2, 0.25) is 52.9 Å². The van der Waals surface area contributed by atoms with Crippen molar-refractivity contribution in [3.63, 3.8) is 0 Å². The first kappa shape index (κ1) is 95.3. The molecule has 0 radical (unpaired) electrons. The van der Waals surface area contributed by atoms with Gasteiger partial charge in [-0.05, 0) is 126 Å². The second-order valence-corrected chi connectivity index (χ2v) is 54.3. The highest BCUT2D eigenvalue weighted by Gasteiger charge is 2.57. The first-order valence-corrected chi connectivity index (χ1v) is 54.0. The van der Waals surface area contributed by atoms with Crippen LogP contribution in [0.5, 0.6) is 0 Å². The maximum absolute atomic E-state index is 15.4. The van der Waals surface area contributed by atoms with Crippen molar-refractivity contribution in [2.45, 2.75) is 325 Å². The Morgan fingerprint density at radius 2 is 1.11 bits per heavy atom. The first-order valence-electron chi connectivity index (χ1n) is 39.8. The monoisotopic (exact) mass is 1620 g/mol. The van der Waals surface area contributed by atoms with Crippen LogP contribution in [0.4, 0.5) is 4.79 Å². The summed E-state index contributed by atoms with van der Waals surface area (Å²) in [7, 11) is -1.84. The van der Waals surface area contributed by atoms with Crippen LogP contribution in [-0.4, -0.2) is 185 Å². The Balaban J connectivity index is 1.74. The lowest BCUT2D eigenvalue weighted by atomic mass is 9.82. The molecule has 25 atom stereocenters. The SMILES string of the molecule is C=CCOC(=O)N[C@@H]1[C@@H](O)[C@H](O[C@H]2/C=C/C=C/C=C/C=C/C=C/C=C/C=C/[C@H](C)[C@@H](C)[C@@H](C)[C@H](C)OC(=O)C[C@H]3C[C@@H](CC[C@@H](O[Si](CC)(CC)C(C)C)[C@H]4C[C@@H](C[C@]5(OC)C[C@H](O[Si](CC)(CC)C(C)C)[C@@H](C(=O)OCC=C)C(C2)O5)OC(P(C)P)O4)OC(P(C)P)O3)O[C@H](C)[C@H]1O[Si](CC)(CC)C(C)C. The topological polar surface area (TPSA) is 213 Å². The third kappa shape index (κ3) is 27.8. The molecule has 4 fully saturated rings. The van der Waals surface area contributed by atoms with Gasteiger partial charge in [0.2, 0.25) is 0 Å². The summed E-state index contributed by atoms with van der Waals surface area (Å²) in [5, 5.41) is 15.8. The van der Waals surface area contributed by atoms with Crippen LogP contribution < -0.4 is 5.32 Å². The van der Waals surface area contributed by atoms with Gasteiger partial charge in [0.05, 0.1) is 73.5 Å². The van der Waals surface area contributed by atoms with Gasteiger partial charge in [0.1, 0.15) is 31.3 Å². The number of aliphatic hydroxyl groups is 1. The molecule has 5 rings (SSSR count). The van der Waals surface area contributed by atoms with Crippen LogP contribution in [-0.2, 0) is 75.0 Å². The molecule has 5 aliphatic rings. The lowest BCUT2D eigenvalue weighted by Gasteiger charge is -2.52. The van der Waals surface area contributed by atoms with E-state index < -0.39 is 143 Å². The molecule has 7 unspecified atom stereocenters. The predicted molar refractivity (Wildman–Crippen MR) is 449 cm³/mol. The summed E-state index contributed by atoms with van der Waals surface area (Å²) >= 11 is 0. The molecule has 5 aliphatic heterocycles. The second kappa shape index (κ2) is 47.0. The molecular weight excluding hydrogens is 1480 g/mol. The Kier molecular flexibility index (Phi) is 41.8. The van der Waals surface area contributed by atoms with Crippen LogP contribution >= 0.6 is 33.1 Å². The number of esters is 2. The number of carbonyl (C=O) groups excluding carboxylic acids is 3. The smallest absolute Gasteiger partial charge is 0.407 e. The zero-order valence-corrected chi connectivity index (χ0v) is 75.8. The number of hydrogen-bond acceptors (Lipinski definition) is 18. The molecule has 0 aromatic carbocycles. The number of aliphatic hydroxyl groups excluding tert-OH is 1. The predicted octanol–water partition coefficient (Wildman–Crippen LogP) is 19.0. The highest BCUT2D eigenvalue weighted by molar-refractivity contribution is 8.13. The standard InChI is InChI=1S/C81H141NO18P4Si3/c1-23-47-88-76(85)72-69-50-63(92-77-74(84)73(82-78(86)89-48-24-2)75(62(19)91-77)100-107(29-7,30-8)57(13)14)44-42-40-38-36-34-32-31-33-35-37-39-41-43-58(15)59(16)60(17)61(18)90-71(83)52-65-49-64(93-79(94-65)103(21)101)45-46-67(98-105(25-3,26-4)55(9)10)68-51-66(95-80(96-68)104(22)102)53-81(87-20,97-69)54-70(72)99-106(27-5,28-6)56(11)12/h23-24,31-44,55-70,72-75,77,79-80,84H,1-2,25-30,45-54,101-102H2,3-22H3,(H,82,86)/b32-31+,35-33+,36-34+,39-37+,40-38+,43-41+,44-42+/t58-,59+,60+,61-,62+,63-,64+,65+,66-,67+,68+,69?,70-,72-,73+,74+,75+,77-,79?,80?,81+,103?,104?/m0/s1. The number of alkyl carbamates (subject to hydrolysis) is 1. The summed E-state index contributed by atoms with van der Waals surface area (Å²) in [6.07, 6.45) is 22.9. The minimum atomic E-state index is -2.68. The quantitative estimate of drug-likeness (QED) is 0.0271. The fourth-order valence-corrected chi connectivity index (χ4v) is 29.0. The van der Waals surface area contributed by atoms with Crippen LogP contribution in [0.1, 0.15) is 169 Å². The fourth-order valence-electron chi connectivity index (χ4n) is 15.9. The molecule has 5 heterocycles. The number of hydrogen-bond donors (Lipinski definition) is 2. The largest absolute Gasteiger partial charge is 0.462 e. The fraction of sp³-hybridized carbons (Fsp3) is 0.741. The Labute approximate surface area is 655 Å². The number of cyclic esters (lactones) is 1. The van der Waals surface area contributed by atoms with Gasteiger partial charge < -0.3 is 75.8 Å². The van der Waals surface area contributed by atoms with Gasteiger partial charge in [-0.3, -0.25) is 9.59 Å². The minimum Gasteiger partial charge on any atom is -0.462 e. The van der Waals surface area contributed by atoms with Gasteiger partial charge in [0.25, 0.3) is 0 Å². The van der Waals surface area contributed by atoms with E-state index >= 15 is 4.79 Å². The molecule has 1 amide bonds. The number of carbonyl (C=O) groups is 3. The Morgan fingerprint density at radius 3 is 1.64 bits per heavy atom. The van der Waals surface area contributed by atoms with Crippen molar-refractivity contribution in [3.05, 3.63) is 110 Å². The van der Waals surface area contributed by atoms with Crippen molar-refractivity contribution in [2.24, 2.45) is 23.7 Å². The van der Waals surface area contributed by atoms with E-state index in [4.69, 9.17) is 65.4 Å². The maximum atomic E-state index is 15.4. The summed E-state index contributed by atoms with van der Waals surface area (Å²) in [6, 6.07) is 2.82. The van der Waals surface area contributed by atoms with Gasteiger partial charge in [-0.2, -0.15) is 0 Å². The van der Waals surface area contributed by atoms with Gasteiger partial charge in [0, 0.05) is 39.2 Å². The van der Waals surface area contributed by atoms with E-state index in [0.29, 0.717) is 31.2 Å². The molecule has 0 aromatic rings. The van der Waals surface area contributed by atoms with Crippen LogP contribution in [0.25, 0.3) is 0 Å². The molecule has 6 bridgehead atoms. The van der Waals surface area contributed by atoms with Crippen molar-refractivity contribution >= 4 is 76.1 Å². The molecule has 107 heavy (non-hydrogen) atoms. The highest BCUT2D eigenvalue weighted by Crippen LogP contribution is 2.54. The van der Waals surface area contributed by atoms with Gasteiger partial charge in [-0.15, -0.1) is 17.9 Å². The Morgan fingerprint density at radius 1 is 0.617 bits per heavy atom. The molecule has 2 N–H and O–H groups in total. The maximum Gasteiger partial charge on any atom is 0.407 e. The lowest BCUT2D eigenvalue weighted by Crippen LogP contribution is -2.67. The van der Waals surface area contributed by atoms with Crippen LogP contribution in [0.3, 0.4) is 0 Å². The zero-order chi connectivity index (χ0) is 79.4. The van der Waals surface area contributed by atoms with Crippen LogP contribution in [0.15, 0.2) is 110 Å². The average molecular weight is 1630 g/mol. The van der Waals surface area contributed by atoms with E-state index in [1.807, 2.05) is 86.8 Å². The third-order valence-electron chi connectivity index (χ3n) is 23.5. The Bertz CT molecular complexity index is 2910. The van der Waals surface area contributed by atoms with E-state index in [1.165, 1.54) is 6.08 Å². The minimum absolute atomic E-state index is 0.00409. The summed E-state index contributed by atoms with van der Waals surface area (Å²) in [5.74, 6) is -2.75. The first-order chi connectivity index (χ1) is 50.8. The summed E-state index contributed by atoms with van der Waals surface area (Å²) in [6.45, 7) is 48.7. The molecule has 0 aliphatic carbocycles. The van der Waals surface area contributed by atoms with E-state index in [0.717, 1.165) is 36.3 Å². The van der Waals surface area contributed by atoms with E-state index in [-0.39, 0.29) is 92.0 Å². The number of ether oxygens (including phenoxy) is 11. The number of fused-ring (bicyclic) bond motifs is 6. The van der Waals surface area contributed by atoms with E-state index in [9.17, 15) is 14.7 Å². The van der Waals surface area contributed by atoms with E-state index in [1.54, 1.807) is 13.2 Å². The van der Waals surface area contributed by atoms with Crippen molar-refractivity contribution in [1.29, 1.82) is 0 Å². The number of nitrogens with one attached hydrogen (secondary N) is 1. The second-order valence-electron chi connectivity index (χ2n) is 31.1. The molecule has 4 saturated heterocycles. The van der Waals surface area contributed by atoms with Crippen LogP contribution in [0, 0.1) is 23.7 Å². The van der Waals surface area contributed by atoms with Crippen molar-refractivity contribution in [2.75, 3.05) is 33.7 Å². The van der Waals surface area contributed by atoms with Crippen molar-refractivity contribution < 1.29 is 84.9 Å². The summed E-state index contributed by atoms with van der Waals surface area (Å²) in [5.41, 5.74) is 0.660. The van der Waals surface area contributed by atoms with Crippen molar-refractivity contribution in [1.82, 2.24) is 5.32 Å². The molecular formula is C81H141NO18P4Si3. The van der Waals surface area contributed by atoms with Gasteiger partial charge in [0.15, 0.2) is 49.1 Å². The normalized spacial score (nSPS) is 35.8. The molecule has 26 heteroatoms. The summed E-state index contributed by atoms with van der Waals surface area (Å²) in [4.78, 5) is 43.1. The molecule has 610 valence electrons. The lowest BCUT2D eigenvalue weighted by molar-refractivity contribution is -0.325. The molecule has 19 nitrogen and oxygen atoms in total. The molecule has 0 spiro atoms. The number of amides is 1. The zero-order valence-electron chi connectivity index (χ0n) is 68.7. The van der Waals surface area contributed by atoms with E-state index in [2.05, 4.69) is 166 Å². The highest BCUT2D eigenvalue weighted by atomic mass is 32.0. The van der Waals surface area contributed by atoms with Gasteiger partial charge in [-0.1, -0.05) is 214 Å². The molecule has 0 saturated carbocycles. The average Bonchev–Trinajstić information content (AvgIpc) is 0.765. The Hall–Kier alpha value is -2.24. The van der Waals surface area contributed by atoms with Crippen molar-refractivity contribution in [3.8, 4) is 0 Å². The number of allylic oxidation sites excluding steroid dienone is 13. The van der Waals surface area contributed by atoms with Gasteiger partial charge >= 0.3 is 18.0 Å². The summed E-state index contributed by atoms with van der Waals surface area (Å²) < 4.78 is 96.9.